The molecule has 0 aliphatic carbocycles. The van der Waals surface area contributed by atoms with Crippen molar-refractivity contribution in [2.24, 2.45) is 0 Å². The number of morpholine rings is 1. The van der Waals surface area contributed by atoms with Crippen molar-refractivity contribution >= 4 is 15.5 Å². The Kier molecular flexibility index (Phi) is 4.90. The lowest BCUT2D eigenvalue weighted by atomic mass is 10.2. The van der Waals surface area contributed by atoms with Gasteiger partial charge in [-0.3, -0.25) is 0 Å². The molecule has 1 aliphatic rings. The lowest BCUT2D eigenvalue weighted by Crippen LogP contribution is -2.45. The number of ether oxygens (including phenoxy) is 1. The number of nitrogens with one attached hydrogen (secondary N) is 2. The minimum Gasteiger partial charge on any atom is -0.383 e. The molecule has 1 atom stereocenters. The summed E-state index contributed by atoms with van der Waals surface area (Å²) in [5.41, 5.74) is 0.672. The van der Waals surface area contributed by atoms with Crippen molar-refractivity contribution in [1.82, 2.24) is 5.32 Å². The first-order chi connectivity index (χ1) is 9.50. The Morgan fingerprint density at radius 3 is 2.60 bits per heavy atom. The molecular weight excluding hydrogens is 290 g/mol. The minimum atomic E-state index is -4.52. The van der Waals surface area contributed by atoms with Crippen molar-refractivity contribution in [2.75, 3.05) is 31.6 Å². The standard InChI is InChI=1S/C12H16F2N2O3S/c13-12(14)20(17,18)11-3-1-9(2-4-11)16-7-10-8-19-6-5-15-10/h1-4,10,12,15-16H,5-8H2. The molecule has 112 valence electrons. The molecule has 1 fully saturated rings. The average Bonchev–Trinajstić information content (AvgIpc) is 2.46. The van der Waals surface area contributed by atoms with Gasteiger partial charge in [-0.15, -0.1) is 0 Å². The van der Waals surface area contributed by atoms with Crippen LogP contribution in [0.15, 0.2) is 29.2 Å². The van der Waals surface area contributed by atoms with Gasteiger partial charge >= 0.3 is 5.76 Å². The van der Waals surface area contributed by atoms with Gasteiger partial charge in [0.05, 0.1) is 18.1 Å². The zero-order valence-electron chi connectivity index (χ0n) is 10.7. The van der Waals surface area contributed by atoms with Crippen molar-refractivity contribution in [1.29, 1.82) is 0 Å². The Morgan fingerprint density at radius 1 is 1.35 bits per heavy atom. The van der Waals surface area contributed by atoms with E-state index in [1.54, 1.807) is 0 Å². The van der Waals surface area contributed by atoms with E-state index < -0.39 is 15.6 Å². The smallest absolute Gasteiger partial charge is 0.341 e. The normalized spacial score (nSPS) is 20.1. The van der Waals surface area contributed by atoms with Crippen LogP contribution in [0.1, 0.15) is 0 Å². The molecule has 1 heterocycles. The number of alkyl halides is 2. The highest BCUT2D eigenvalue weighted by Gasteiger charge is 2.26. The van der Waals surface area contributed by atoms with Crippen LogP contribution < -0.4 is 10.6 Å². The van der Waals surface area contributed by atoms with E-state index in [1.807, 2.05) is 0 Å². The number of hydrogen-bond donors (Lipinski definition) is 2. The maximum Gasteiger partial charge on any atom is 0.341 e. The van der Waals surface area contributed by atoms with Gasteiger partial charge in [-0.2, -0.15) is 8.78 Å². The monoisotopic (exact) mass is 306 g/mol. The molecule has 5 nitrogen and oxygen atoms in total. The lowest BCUT2D eigenvalue weighted by Gasteiger charge is -2.24. The minimum absolute atomic E-state index is 0.174. The Labute approximate surface area is 116 Å². The van der Waals surface area contributed by atoms with E-state index in [0.717, 1.165) is 6.54 Å². The van der Waals surface area contributed by atoms with Gasteiger partial charge in [0.1, 0.15) is 0 Å². The van der Waals surface area contributed by atoms with Crippen LogP contribution in [0.4, 0.5) is 14.5 Å². The quantitative estimate of drug-likeness (QED) is 0.852. The molecule has 0 amide bonds. The van der Waals surface area contributed by atoms with Gasteiger partial charge < -0.3 is 15.4 Å². The number of hydrogen-bond acceptors (Lipinski definition) is 5. The molecule has 0 radical (unpaired) electrons. The Balaban J connectivity index is 1.94. The highest BCUT2D eigenvalue weighted by atomic mass is 32.2. The van der Waals surface area contributed by atoms with Crippen molar-refractivity contribution in [2.45, 2.75) is 16.7 Å². The first-order valence-electron chi connectivity index (χ1n) is 6.17. The third-order valence-corrected chi connectivity index (χ3v) is 4.37. The number of benzene rings is 1. The largest absolute Gasteiger partial charge is 0.383 e. The van der Waals surface area contributed by atoms with Gasteiger partial charge in [0.25, 0.3) is 0 Å². The zero-order valence-corrected chi connectivity index (χ0v) is 11.5. The number of rotatable bonds is 5. The number of anilines is 1. The molecule has 20 heavy (non-hydrogen) atoms. The van der Waals surface area contributed by atoms with E-state index in [2.05, 4.69) is 10.6 Å². The molecule has 1 aromatic carbocycles. The van der Waals surface area contributed by atoms with Crippen LogP contribution in [-0.4, -0.2) is 46.5 Å². The lowest BCUT2D eigenvalue weighted by molar-refractivity contribution is 0.0806. The summed E-state index contributed by atoms with van der Waals surface area (Å²) < 4.78 is 52.5. The summed E-state index contributed by atoms with van der Waals surface area (Å²) in [6.45, 7) is 2.69. The number of halogens is 2. The predicted octanol–water partition coefficient (Wildman–Crippen LogP) is 1.08. The number of sulfone groups is 1. The molecule has 2 N–H and O–H groups in total. The van der Waals surface area contributed by atoms with Crippen molar-refractivity contribution < 1.29 is 21.9 Å². The Hall–Kier alpha value is -1.25. The summed E-state index contributed by atoms with van der Waals surface area (Å²) in [6, 6.07) is 5.47. The van der Waals surface area contributed by atoms with Crippen LogP contribution >= 0.6 is 0 Å². The Morgan fingerprint density at radius 2 is 2.05 bits per heavy atom. The van der Waals surface area contributed by atoms with Gasteiger partial charge in [0, 0.05) is 24.8 Å². The van der Waals surface area contributed by atoms with Crippen LogP contribution in [0, 0.1) is 0 Å². The second kappa shape index (κ2) is 6.47. The molecule has 1 aliphatic heterocycles. The molecule has 2 rings (SSSR count). The molecule has 1 aromatic rings. The van der Waals surface area contributed by atoms with Crippen LogP contribution in [0.3, 0.4) is 0 Å². The maximum absolute atomic E-state index is 12.4. The first-order valence-corrected chi connectivity index (χ1v) is 7.72. The molecule has 1 saturated heterocycles. The summed E-state index contributed by atoms with van der Waals surface area (Å²) in [5, 5.41) is 6.35. The first kappa shape index (κ1) is 15.1. The second-order valence-corrected chi connectivity index (χ2v) is 6.35. The van der Waals surface area contributed by atoms with Crippen LogP contribution in [0.2, 0.25) is 0 Å². The molecule has 0 spiro atoms. The summed E-state index contributed by atoms with van der Waals surface area (Å²) in [6.07, 6.45) is 0. The fourth-order valence-electron chi connectivity index (χ4n) is 1.86. The fourth-order valence-corrected chi connectivity index (χ4v) is 2.58. The van der Waals surface area contributed by atoms with Crippen LogP contribution in [0.5, 0.6) is 0 Å². The molecule has 8 heteroatoms. The highest BCUT2D eigenvalue weighted by Crippen LogP contribution is 2.20. The Bertz CT molecular complexity index is 528. The van der Waals surface area contributed by atoms with Crippen molar-refractivity contribution in [3.05, 3.63) is 24.3 Å². The van der Waals surface area contributed by atoms with Gasteiger partial charge in [-0.05, 0) is 24.3 Å². The third kappa shape index (κ3) is 3.65. The van der Waals surface area contributed by atoms with Crippen molar-refractivity contribution in [3.8, 4) is 0 Å². The predicted molar refractivity (Wildman–Crippen MR) is 70.7 cm³/mol. The maximum atomic E-state index is 12.4. The molecule has 0 saturated carbocycles. The molecule has 0 bridgehead atoms. The highest BCUT2D eigenvalue weighted by molar-refractivity contribution is 7.91. The van der Waals surface area contributed by atoms with E-state index in [0.29, 0.717) is 25.4 Å². The van der Waals surface area contributed by atoms with Gasteiger partial charge in [-0.1, -0.05) is 0 Å². The van der Waals surface area contributed by atoms with E-state index in [4.69, 9.17) is 4.74 Å². The van der Waals surface area contributed by atoms with E-state index in [-0.39, 0.29) is 10.9 Å². The van der Waals surface area contributed by atoms with Crippen LogP contribution in [0.25, 0.3) is 0 Å². The van der Waals surface area contributed by atoms with Crippen LogP contribution in [-0.2, 0) is 14.6 Å². The van der Waals surface area contributed by atoms with E-state index >= 15 is 0 Å². The fraction of sp³-hybridized carbons (Fsp3) is 0.500. The summed E-state index contributed by atoms with van der Waals surface area (Å²) in [4.78, 5) is -0.378. The second-order valence-electron chi connectivity index (χ2n) is 4.44. The van der Waals surface area contributed by atoms with E-state index in [1.165, 1.54) is 24.3 Å². The van der Waals surface area contributed by atoms with E-state index in [9.17, 15) is 17.2 Å². The summed E-state index contributed by atoms with van der Waals surface area (Å²) in [5.74, 6) is -3.40. The topological polar surface area (TPSA) is 67.4 Å². The summed E-state index contributed by atoms with van der Waals surface area (Å²) in [7, 11) is -4.52. The van der Waals surface area contributed by atoms with Gasteiger partial charge in [0.2, 0.25) is 9.84 Å². The SMILES string of the molecule is O=S(=O)(c1ccc(NCC2COCCN2)cc1)C(F)F. The molecule has 0 aromatic heterocycles. The van der Waals surface area contributed by atoms with Crippen molar-refractivity contribution in [3.63, 3.8) is 0 Å². The summed E-state index contributed by atoms with van der Waals surface area (Å²) >= 11 is 0. The zero-order chi connectivity index (χ0) is 14.6. The van der Waals surface area contributed by atoms with Gasteiger partial charge in [-0.25, -0.2) is 8.42 Å². The molecule has 1 unspecified atom stereocenters. The van der Waals surface area contributed by atoms with Gasteiger partial charge in [0.15, 0.2) is 0 Å². The average molecular weight is 306 g/mol. The third-order valence-electron chi connectivity index (χ3n) is 2.97. The molecular formula is C12H16F2N2O3S.